The van der Waals surface area contributed by atoms with Crippen molar-refractivity contribution in [3.8, 4) is 0 Å². The third-order valence-corrected chi connectivity index (χ3v) is 3.87. The minimum atomic E-state index is -4.44. The van der Waals surface area contributed by atoms with Gasteiger partial charge in [-0.05, 0) is 12.8 Å². The Balaban J connectivity index is 2.65. The Kier molecular flexibility index (Phi) is 6.04. The van der Waals surface area contributed by atoms with Crippen LogP contribution in [0.4, 0.5) is 18.0 Å². The summed E-state index contributed by atoms with van der Waals surface area (Å²) in [6.07, 6.45) is 1.53. The van der Waals surface area contributed by atoms with Gasteiger partial charge in [0.25, 0.3) is 0 Å². The number of nitrogens with two attached hydrogens (primary N) is 1. The highest BCUT2D eigenvalue weighted by Gasteiger charge is 2.36. The molecule has 0 aromatic heterocycles. The molecule has 0 unspecified atom stereocenters. The van der Waals surface area contributed by atoms with Gasteiger partial charge in [-0.2, -0.15) is 13.2 Å². The van der Waals surface area contributed by atoms with Gasteiger partial charge in [-0.25, -0.2) is 4.79 Å². The molecule has 0 heterocycles. The minimum Gasteiger partial charge on any atom is -0.391 e. The number of amides is 2. The number of hydrogen-bond donors (Lipinski definition) is 3. The summed E-state index contributed by atoms with van der Waals surface area (Å²) >= 11 is 5.02. The summed E-state index contributed by atoms with van der Waals surface area (Å²) in [5, 5.41) is 4.35. The Morgan fingerprint density at radius 1 is 1.15 bits per heavy atom. The largest absolute Gasteiger partial charge is 0.405 e. The fraction of sp³-hybridized carbons (Fsp3) is 0.833. The molecule has 4 nitrogen and oxygen atoms in total. The number of alkyl halides is 3. The second kappa shape index (κ2) is 7.10. The van der Waals surface area contributed by atoms with Gasteiger partial charge in [0.2, 0.25) is 0 Å². The molecule has 0 saturated heterocycles. The van der Waals surface area contributed by atoms with Crippen molar-refractivity contribution >= 4 is 23.2 Å². The smallest absolute Gasteiger partial charge is 0.391 e. The molecule has 0 aromatic carbocycles. The molecule has 20 heavy (non-hydrogen) atoms. The van der Waals surface area contributed by atoms with E-state index in [9.17, 15) is 18.0 Å². The number of halogens is 3. The van der Waals surface area contributed by atoms with Crippen LogP contribution in [0.25, 0.3) is 0 Å². The number of hydrogen-bond acceptors (Lipinski definition) is 2. The molecule has 0 radical (unpaired) electrons. The van der Waals surface area contributed by atoms with Gasteiger partial charge in [0.1, 0.15) is 6.54 Å². The molecule has 2 amide bonds. The van der Waals surface area contributed by atoms with Crippen LogP contribution in [0.2, 0.25) is 0 Å². The topological polar surface area (TPSA) is 67.1 Å². The van der Waals surface area contributed by atoms with Crippen molar-refractivity contribution < 1.29 is 18.0 Å². The standard InChI is InChI=1S/C12H20F3N3OS/c13-12(14,15)8-17-10(19)18-11(9(16)20)6-4-2-1-3-5-7-11/h1-8H2,(H2,16,20)(H2,17,18,19). The van der Waals surface area contributed by atoms with Crippen molar-refractivity contribution in [3.63, 3.8) is 0 Å². The number of carbonyl (C=O) groups excluding carboxylic acids is 1. The van der Waals surface area contributed by atoms with Crippen LogP contribution < -0.4 is 16.4 Å². The summed E-state index contributed by atoms with van der Waals surface area (Å²) in [4.78, 5) is 11.8. The van der Waals surface area contributed by atoms with Gasteiger partial charge in [0.15, 0.2) is 0 Å². The van der Waals surface area contributed by atoms with E-state index in [4.69, 9.17) is 18.0 Å². The highest BCUT2D eigenvalue weighted by molar-refractivity contribution is 7.80. The predicted octanol–water partition coefficient (Wildman–Crippen LogP) is 2.62. The van der Waals surface area contributed by atoms with Crippen LogP contribution in [0.1, 0.15) is 44.9 Å². The molecule has 116 valence electrons. The molecule has 0 aliphatic heterocycles. The van der Waals surface area contributed by atoms with Gasteiger partial charge in [0, 0.05) is 0 Å². The molecule has 1 rings (SSSR count). The average Bonchev–Trinajstić information content (AvgIpc) is 2.29. The summed E-state index contributed by atoms with van der Waals surface area (Å²) in [5.41, 5.74) is 4.85. The van der Waals surface area contributed by atoms with E-state index < -0.39 is 24.3 Å². The first-order chi connectivity index (χ1) is 9.25. The van der Waals surface area contributed by atoms with Crippen LogP contribution in [0.15, 0.2) is 0 Å². The van der Waals surface area contributed by atoms with Gasteiger partial charge in [-0.1, -0.05) is 44.3 Å². The lowest BCUT2D eigenvalue weighted by atomic mass is 9.84. The third kappa shape index (κ3) is 5.52. The molecule has 8 heteroatoms. The van der Waals surface area contributed by atoms with Gasteiger partial charge in [0.05, 0.1) is 10.5 Å². The molecular formula is C12H20F3N3OS. The molecule has 1 aliphatic carbocycles. The van der Waals surface area contributed by atoms with Crippen LogP contribution in [0.5, 0.6) is 0 Å². The van der Waals surface area contributed by atoms with Gasteiger partial charge in [-0.3, -0.25) is 0 Å². The quantitative estimate of drug-likeness (QED) is 0.702. The van der Waals surface area contributed by atoms with Crippen molar-refractivity contribution in [2.45, 2.75) is 56.7 Å². The number of thiocarbonyl (C=S) groups is 1. The van der Waals surface area contributed by atoms with E-state index in [1.165, 1.54) is 0 Å². The lowest BCUT2D eigenvalue weighted by Crippen LogP contribution is -2.59. The number of nitrogens with one attached hydrogen (secondary N) is 2. The summed E-state index contributed by atoms with van der Waals surface area (Å²) in [6.45, 7) is -1.37. The van der Waals surface area contributed by atoms with Gasteiger partial charge in [-0.15, -0.1) is 0 Å². The summed E-state index contributed by atoms with van der Waals surface area (Å²) < 4.78 is 36.2. The number of rotatable bonds is 3. The van der Waals surface area contributed by atoms with E-state index in [2.05, 4.69) is 5.32 Å². The van der Waals surface area contributed by atoms with E-state index >= 15 is 0 Å². The van der Waals surface area contributed by atoms with Crippen LogP contribution in [-0.4, -0.2) is 29.3 Å². The van der Waals surface area contributed by atoms with Crippen molar-refractivity contribution in [1.82, 2.24) is 10.6 Å². The Morgan fingerprint density at radius 2 is 1.65 bits per heavy atom. The lowest BCUT2D eigenvalue weighted by Gasteiger charge is -2.35. The highest BCUT2D eigenvalue weighted by atomic mass is 32.1. The molecule has 4 N–H and O–H groups in total. The Hall–Kier alpha value is -1.05. The lowest BCUT2D eigenvalue weighted by molar-refractivity contribution is -0.122. The van der Waals surface area contributed by atoms with Crippen LogP contribution in [0.3, 0.4) is 0 Å². The third-order valence-electron chi connectivity index (χ3n) is 3.48. The summed E-state index contributed by atoms with van der Waals surface area (Å²) in [7, 11) is 0. The monoisotopic (exact) mass is 311 g/mol. The van der Waals surface area contributed by atoms with E-state index in [0.717, 1.165) is 32.1 Å². The summed E-state index contributed by atoms with van der Waals surface area (Å²) in [6, 6.07) is -0.879. The maximum absolute atomic E-state index is 12.1. The van der Waals surface area contributed by atoms with E-state index in [1.807, 2.05) is 0 Å². The van der Waals surface area contributed by atoms with Crippen molar-refractivity contribution in [3.05, 3.63) is 0 Å². The molecule has 1 aliphatic rings. The Labute approximate surface area is 121 Å². The Bertz CT molecular complexity index is 352. The highest BCUT2D eigenvalue weighted by Crippen LogP contribution is 2.27. The number of urea groups is 1. The van der Waals surface area contributed by atoms with E-state index in [-0.39, 0.29) is 4.99 Å². The van der Waals surface area contributed by atoms with Crippen molar-refractivity contribution in [1.29, 1.82) is 0 Å². The predicted molar refractivity (Wildman–Crippen MR) is 74.4 cm³/mol. The fourth-order valence-electron chi connectivity index (χ4n) is 2.38. The average molecular weight is 311 g/mol. The molecular weight excluding hydrogens is 291 g/mol. The fourth-order valence-corrected chi connectivity index (χ4v) is 2.64. The van der Waals surface area contributed by atoms with Crippen LogP contribution in [-0.2, 0) is 0 Å². The maximum atomic E-state index is 12.1. The first-order valence-corrected chi connectivity index (χ1v) is 7.09. The Morgan fingerprint density at radius 3 is 2.10 bits per heavy atom. The molecule has 0 bridgehead atoms. The second-order valence-corrected chi connectivity index (χ2v) is 5.58. The summed E-state index contributed by atoms with van der Waals surface area (Å²) in [5.74, 6) is 0. The zero-order valence-corrected chi connectivity index (χ0v) is 12.0. The normalized spacial score (nSPS) is 19.6. The maximum Gasteiger partial charge on any atom is 0.405 e. The first kappa shape index (κ1) is 17.0. The molecule has 0 aromatic rings. The zero-order chi connectivity index (χ0) is 15.2. The van der Waals surface area contributed by atoms with Crippen LogP contribution >= 0.6 is 12.2 Å². The van der Waals surface area contributed by atoms with Gasteiger partial charge >= 0.3 is 12.2 Å². The first-order valence-electron chi connectivity index (χ1n) is 6.68. The molecule has 1 saturated carbocycles. The SMILES string of the molecule is NC(=S)C1(NC(=O)NCC(F)(F)F)CCCCCCC1. The number of carbonyl (C=O) groups is 1. The van der Waals surface area contributed by atoms with Crippen molar-refractivity contribution in [2.75, 3.05) is 6.54 Å². The molecule has 1 fully saturated rings. The zero-order valence-electron chi connectivity index (χ0n) is 11.2. The van der Waals surface area contributed by atoms with E-state index in [1.54, 1.807) is 5.32 Å². The van der Waals surface area contributed by atoms with Gasteiger partial charge < -0.3 is 16.4 Å². The minimum absolute atomic E-state index is 0.140. The molecule has 0 spiro atoms. The van der Waals surface area contributed by atoms with E-state index in [0.29, 0.717) is 12.8 Å². The second-order valence-electron chi connectivity index (χ2n) is 5.14. The van der Waals surface area contributed by atoms with Crippen LogP contribution in [0, 0.1) is 0 Å². The van der Waals surface area contributed by atoms with Crippen molar-refractivity contribution in [2.24, 2.45) is 5.73 Å². The molecule has 0 atom stereocenters.